The van der Waals surface area contributed by atoms with E-state index in [1.807, 2.05) is 45.0 Å². The van der Waals surface area contributed by atoms with E-state index in [1.54, 1.807) is 0 Å². The summed E-state index contributed by atoms with van der Waals surface area (Å²) in [5.74, 6) is -0.146. The third-order valence-electron chi connectivity index (χ3n) is 6.79. The van der Waals surface area contributed by atoms with Gasteiger partial charge in [-0.15, -0.1) is 0 Å². The number of carbonyl (C=O) groups excluding carboxylic acids is 2. The molecule has 1 heterocycles. The van der Waals surface area contributed by atoms with Crippen molar-refractivity contribution in [3.05, 3.63) is 41.1 Å². The van der Waals surface area contributed by atoms with Gasteiger partial charge < -0.3 is 10.1 Å². The second kappa shape index (κ2) is 12.0. The third kappa shape index (κ3) is 6.56. The first-order valence-electron chi connectivity index (χ1n) is 12.6. The number of nitrogens with one attached hydrogen (secondary N) is 1. The van der Waals surface area contributed by atoms with E-state index in [9.17, 15) is 9.59 Å². The van der Waals surface area contributed by atoms with Crippen LogP contribution in [0.2, 0.25) is 0 Å². The van der Waals surface area contributed by atoms with E-state index < -0.39 is 5.92 Å². The molecule has 2 atom stereocenters. The number of benzene rings is 1. The average Bonchev–Trinajstić information content (AvgIpc) is 2.83. The minimum absolute atomic E-state index is 0.0762. The molecule has 182 valence electrons. The van der Waals surface area contributed by atoms with E-state index in [0.29, 0.717) is 35.7 Å². The van der Waals surface area contributed by atoms with Crippen LogP contribution in [0.15, 0.2) is 24.3 Å². The first kappa shape index (κ1) is 25.7. The molecule has 1 aliphatic rings. The average molecular weight is 464 g/mol. The van der Waals surface area contributed by atoms with Crippen molar-refractivity contribution in [2.24, 2.45) is 11.8 Å². The number of aryl methyl sites for hydroxylation is 1. The standard InChI is InChI=1S/C28H37N3O3/c1-18(2)17-34-28(33)24(11-8-14-29)25-15-22-12-13-23(16-26(22)30-20(25)4)27(32)31-19(3)21-9-6-5-7-10-21/h12-13,15-16,18-19,21,24H,5-11,17H2,1-4H3,(H,31,32)/t19-,24?/m0/s1. The highest BCUT2D eigenvalue weighted by atomic mass is 16.5. The molecule has 1 unspecified atom stereocenters. The maximum atomic E-state index is 12.9. The fourth-order valence-corrected chi connectivity index (χ4v) is 4.77. The van der Waals surface area contributed by atoms with Gasteiger partial charge in [0.1, 0.15) is 0 Å². The van der Waals surface area contributed by atoms with E-state index in [2.05, 4.69) is 18.3 Å². The summed E-state index contributed by atoms with van der Waals surface area (Å²) < 4.78 is 5.49. The fraction of sp³-hybridized carbons (Fsp3) is 0.571. The Balaban J connectivity index is 1.81. The number of nitrogens with zero attached hydrogens (tertiary/aromatic N) is 2. The number of fused-ring (bicyclic) bond motifs is 1. The van der Waals surface area contributed by atoms with Crippen LogP contribution in [0, 0.1) is 30.1 Å². The van der Waals surface area contributed by atoms with Gasteiger partial charge >= 0.3 is 5.97 Å². The van der Waals surface area contributed by atoms with Crippen molar-refractivity contribution in [1.29, 1.82) is 5.26 Å². The Bertz CT molecular complexity index is 1050. The number of aromatic nitrogens is 1. The van der Waals surface area contributed by atoms with Crippen LogP contribution >= 0.6 is 0 Å². The number of esters is 1. The highest BCUT2D eigenvalue weighted by Gasteiger charge is 2.26. The van der Waals surface area contributed by atoms with Crippen molar-refractivity contribution in [2.45, 2.75) is 84.6 Å². The van der Waals surface area contributed by atoms with Crippen LogP contribution in [-0.2, 0) is 9.53 Å². The van der Waals surface area contributed by atoms with Gasteiger partial charge in [0.25, 0.3) is 5.91 Å². The van der Waals surface area contributed by atoms with E-state index in [0.717, 1.165) is 10.9 Å². The Morgan fingerprint density at radius 1 is 1.18 bits per heavy atom. The van der Waals surface area contributed by atoms with Gasteiger partial charge in [0.2, 0.25) is 0 Å². The molecule has 6 nitrogen and oxygen atoms in total. The van der Waals surface area contributed by atoms with E-state index >= 15 is 0 Å². The Morgan fingerprint density at radius 3 is 2.59 bits per heavy atom. The molecule has 34 heavy (non-hydrogen) atoms. The summed E-state index contributed by atoms with van der Waals surface area (Å²) in [6, 6.07) is 9.74. The molecule has 1 aliphatic carbocycles. The zero-order valence-corrected chi connectivity index (χ0v) is 20.9. The van der Waals surface area contributed by atoms with Crippen LogP contribution in [0.3, 0.4) is 0 Å². The summed E-state index contributed by atoms with van der Waals surface area (Å²) in [5.41, 5.74) is 2.80. The molecule has 0 radical (unpaired) electrons. The molecule has 1 aromatic heterocycles. The summed E-state index contributed by atoms with van der Waals surface area (Å²) in [7, 11) is 0. The smallest absolute Gasteiger partial charge is 0.313 e. The second-order valence-corrected chi connectivity index (χ2v) is 10.0. The molecule has 1 fully saturated rings. The summed E-state index contributed by atoms with van der Waals surface area (Å²) in [4.78, 5) is 30.4. The minimum Gasteiger partial charge on any atom is -0.465 e. The first-order valence-corrected chi connectivity index (χ1v) is 12.6. The molecule has 1 amide bonds. The van der Waals surface area contributed by atoms with Gasteiger partial charge in [-0.2, -0.15) is 5.26 Å². The topological polar surface area (TPSA) is 92.1 Å². The van der Waals surface area contributed by atoms with Gasteiger partial charge in [-0.05, 0) is 68.7 Å². The van der Waals surface area contributed by atoms with E-state index in [1.165, 1.54) is 32.1 Å². The predicted octanol–water partition coefficient (Wildman–Crippen LogP) is 5.83. The van der Waals surface area contributed by atoms with Gasteiger partial charge in [0.15, 0.2) is 0 Å². The van der Waals surface area contributed by atoms with Crippen molar-refractivity contribution < 1.29 is 14.3 Å². The van der Waals surface area contributed by atoms with Crippen LogP contribution in [-0.4, -0.2) is 29.5 Å². The molecule has 1 aromatic carbocycles. The molecular weight excluding hydrogens is 426 g/mol. The number of rotatable bonds is 9. The van der Waals surface area contributed by atoms with Crippen molar-refractivity contribution in [3.8, 4) is 6.07 Å². The van der Waals surface area contributed by atoms with Crippen LogP contribution < -0.4 is 5.32 Å². The maximum Gasteiger partial charge on any atom is 0.313 e. The predicted molar refractivity (Wildman–Crippen MR) is 133 cm³/mol. The number of ether oxygens (including phenoxy) is 1. The number of hydrogen-bond donors (Lipinski definition) is 1. The van der Waals surface area contributed by atoms with Gasteiger partial charge in [-0.3, -0.25) is 14.6 Å². The summed E-state index contributed by atoms with van der Waals surface area (Å²) in [6.45, 7) is 8.29. The van der Waals surface area contributed by atoms with E-state index in [-0.39, 0.29) is 30.3 Å². The zero-order valence-electron chi connectivity index (χ0n) is 20.9. The molecule has 2 aromatic rings. The second-order valence-electron chi connectivity index (χ2n) is 10.0. The Morgan fingerprint density at radius 2 is 1.91 bits per heavy atom. The molecule has 1 saturated carbocycles. The first-order chi connectivity index (χ1) is 16.3. The Hall–Kier alpha value is -2.94. The maximum absolute atomic E-state index is 12.9. The molecule has 0 saturated heterocycles. The van der Waals surface area contributed by atoms with Crippen LogP contribution in [0.4, 0.5) is 0 Å². The number of carbonyl (C=O) groups is 2. The number of pyridine rings is 1. The van der Waals surface area contributed by atoms with Crippen molar-refractivity contribution >= 4 is 22.8 Å². The van der Waals surface area contributed by atoms with Crippen molar-refractivity contribution in [3.63, 3.8) is 0 Å². The monoisotopic (exact) mass is 463 g/mol. The lowest BCUT2D eigenvalue weighted by molar-refractivity contribution is -0.146. The third-order valence-corrected chi connectivity index (χ3v) is 6.79. The van der Waals surface area contributed by atoms with Crippen LogP contribution in [0.25, 0.3) is 10.9 Å². The quantitative estimate of drug-likeness (QED) is 0.473. The molecule has 0 bridgehead atoms. The number of amides is 1. The van der Waals surface area contributed by atoms with Crippen molar-refractivity contribution in [1.82, 2.24) is 10.3 Å². The number of hydrogen-bond acceptors (Lipinski definition) is 5. The van der Waals surface area contributed by atoms with Gasteiger partial charge in [-0.1, -0.05) is 39.2 Å². The minimum atomic E-state index is -0.533. The highest BCUT2D eigenvalue weighted by molar-refractivity contribution is 5.98. The van der Waals surface area contributed by atoms with Gasteiger partial charge in [0, 0.05) is 29.1 Å². The zero-order chi connectivity index (χ0) is 24.7. The lowest BCUT2D eigenvalue weighted by Gasteiger charge is -2.28. The van der Waals surface area contributed by atoms with E-state index in [4.69, 9.17) is 15.0 Å². The largest absolute Gasteiger partial charge is 0.465 e. The normalized spacial score (nSPS) is 16.1. The summed E-state index contributed by atoms with van der Waals surface area (Å²) in [5, 5.41) is 13.1. The molecule has 1 N–H and O–H groups in total. The fourth-order valence-electron chi connectivity index (χ4n) is 4.77. The lowest BCUT2D eigenvalue weighted by Crippen LogP contribution is -2.38. The van der Waals surface area contributed by atoms with Gasteiger partial charge in [0.05, 0.1) is 24.1 Å². The van der Waals surface area contributed by atoms with Crippen molar-refractivity contribution in [2.75, 3.05) is 6.61 Å². The molecule has 0 aliphatic heterocycles. The Kier molecular flexibility index (Phi) is 9.04. The molecule has 6 heteroatoms. The summed E-state index contributed by atoms with van der Waals surface area (Å²) in [6.07, 6.45) is 6.78. The molecular formula is C28H37N3O3. The number of nitriles is 1. The summed E-state index contributed by atoms with van der Waals surface area (Å²) >= 11 is 0. The Labute approximate surface area is 203 Å². The lowest BCUT2D eigenvalue weighted by atomic mass is 9.84. The molecule has 3 rings (SSSR count). The highest BCUT2D eigenvalue weighted by Crippen LogP contribution is 2.29. The SMILES string of the molecule is Cc1nc2cc(C(=O)N[C@@H](C)C3CCCCC3)ccc2cc1C(CCC#N)C(=O)OCC(C)C. The van der Waals surface area contributed by atoms with Crippen LogP contribution in [0.1, 0.15) is 93.3 Å². The van der Waals surface area contributed by atoms with Crippen LogP contribution in [0.5, 0.6) is 0 Å². The van der Waals surface area contributed by atoms with Gasteiger partial charge in [-0.25, -0.2) is 0 Å². The molecule has 0 spiro atoms.